The number of hydrazine groups is 1. The summed E-state index contributed by atoms with van der Waals surface area (Å²) in [5.74, 6) is -0.138. The van der Waals surface area contributed by atoms with E-state index >= 15 is 0 Å². The third-order valence-electron chi connectivity index (χ3n) is 5.37. The number of hydrazone groups is 1. The Morgan fingerprint density at radius 3 is 2.36 bits per heavy atom. The molecule has 1 heterocycles. The Balaban J connectivity index is 1.69. The van der Waals surface area contributed by atoms with Crippen LogP contribution >= 0.6 is 0 Å². The van der Waals surface area contributed by atoms with E-state index in [0.717, 1.165) is 11.1 Å². The van der Waals surface area contributed by atoms with Crippen LogP contribution in [0.3, 0.4) is 0 Å². The number of benzene rings is 3. The lowest BCUT2D eigenvalue weighted by atomic mass is 10.00. The first-order valence-electron chi connectivity index (χ1n) is 10.3. The van der Waals surface area contributed by atoms with Crippen LogP contribution in [0.4, 0.5) is 4.39 Å². The van der Waals surface area contributed by atoms with Gasteiger partial charge in [-0.15, -0.1) is 10.1 Å². The lowest BCUT2D eigenvalue weighted by Gasteiger charge is -2.14. The van der Waals surface area contributed by atoms with E-state index < -0.39 is 23.8 Å². The first-order chi connectivity index (χ1) is 16.0. The van der Waals surface area contributed by atoms with E-state index in [1.54, 1.807) is 37.3 Å². The summed E-state index contributed by atoms with van der Waals surface area (Å²) in [4.78, 5) is 25.7. The maximum absolute atomic E-state index is 13.2. The van der Waals surface area contributed by atoms with Gasteiger partial charge in [0.1, 0.15) is 5.82 Å². The molecule has 168 valence electrons. The SMILES string of the molecule is COc1ccc(/C=[N+]2\NC(=O)[C@@H](NC(=O)c3ccc(F)cc3)[C@H]2c2ccccc2)cc1OC. The lowest BCUT2D eigenvalue weighted by Crippen LogP contribution is -2.42. The number of amides is 2. The van der Waals surface area contributed by atoms with Crippen molar-refractivity contribution in [3.8, 4) is 11.5 Å². The van der Waals surface area contributed by atoms with E-state index in [9.17, 15) is 14.0 Å². The maximum atomic E-state index is 13.2. The van der Waals surface area contributed by atoms with Crippen LogP contribution in [0.2, 0.25) is 0 Å². The molecule has 8 heteroatoms. The summed E-state index contributed by atoms with van der Waals surface area (Å²) >= 11 is 0. The van der Waals surface area contributed by atoms with Crippen molar-refractivity contribution < 1.29 is 28.1 Å². The van der Waals surface area contributed by atoms with Crippen molar-refractivity contribution in [1.29, 1.82) is 0 Å². The normalized spacial score (nSPS) is 18.6. The summed E-state index contributed by atoms with van der Waals surface area (Å²) in [5.41, 5.74) is 4.68. The Bertz CT molecular complexity index is 1200. The van der Waals surface area contributed by atoms with Crippen molar-refractivity contribution in [2.75, 3.05) is 14.2 Å². The molecule has 0 bridgehead atoms. The summed E-state index contributed by atoms with van der Waals surface area (Å²) in [6.45, 7) is 0. The monoisotopic (exact) mass is 448 g/mol. The van der Waals surface area contributed by atoms with Crippen molar-refractivity contribution in [3.63, 3.8) is 0 Å². The molecule has 3 aromatic rings. The fraction of sp³-hybridized carbons (Fsp3) is 0.160. The van der Waals surface area contributed by atoms with Gasteiger partial charge in [0, 0.05) is 16.7 Å². The largest absolute Gasteiger partial charge is 0.493 e. The smallest absolute Gasteiger partial charge is 0.304 e. The van der Waals surface area contributed by atoms with Crippen molar-refractivity contribution in [2.45, 2.75) is 12.1 Å². The molecule has 1 saturated heterocycles. The fourth-order valence-electron chi connectivity index (χ4n) is 3.75. The average Bonchev–Trinajstić information content (AvgIpc) is 3.14. The summed E-state index contributed by atoms with van der Waals surface area (Å²) in [7, 11) is 3.11. The number of nitrogens with one attached hydrogen (secondary N) is 2. The molecule has 2 amide bonds. The minimum Gasteiger partial charge on any atom is -0.493 e. The highest BCUT2D eigenvalue weighted by molar-refractivity contribution is 5.98. The Hall–Kier alpha value is -4.20. The Kier molecular flexibility index (Phi) is 6.35. The number of ether oxygens (including phenoxy) is 2. The Labute approximate surface area is 190 Å². The van der Waals surface area contributed by atoms with Crippen LogP contribution in [-0.4, -0.2) is 43.0 Å². The molecule has 0 aliphatic carbocycles. The summed E-state index contributed by atoms with van der Waals surface area (Å²) in [6, 6.07) is 18.5. The third kappa shape index (κ3) is 4.69. The first-order valence-corrected chi connectivity index (χ1v) is 10.3. The highest BCUT2D eigenvalue weighted by Gasteiger charge is 2.47. The van der Waals surface area contributed by atoms with Crippen LogP contribution in [0, 0.1) is 5.82 Å². The maximum Gasteiger partial charge on any atom is 0.304 e. The molecule has 0 unspecified atom stereocenters. The van der Waals surface area contributed by atoms with Crippen LogP contribution < -0.4 is 20.2 Å². The quantitative estimate of drug-likeness (QED) is 0.569. The van der Waals surface area contributed by atoms with Crippen LogP contribution in [0.1, 0.15) is 27.5 Å². The predicted octanol–water partition coefficient (Wildman–Crippen LogP) is 2.86. The van der Waals surface area contributed by atoms with Gasteiger partial charge in [-0.1, -0.05) is 30.3 Å². The number of nitrogens with zero attached hydrogens (tertiary/aromatic N) is 1. The van der Waals surface area contributed by atoms with Crippen molar-refractivity contribution in [1.82, 2.24) is 10.7 Å². The molecule has 3 aromatic carbocycles. The number of carbonyl (C=O) groups is 2. The number of rotatable bonds is 6. The molecule has 1 fully saturated rings. The second-order valence-corrected chi connectivity index (χ2v) is 7.44. The van der Waals surface area contributed by atoms with Gasteiger partial charge in [0.2, 0.25) is 12.3 Å². The second-order valence-electron chi connectivity index (χ2n) is 7.44. The summed E-state index contributed by atoms with van der Waals surface area (Å²) < 4.78 is 25.6. The molecule has 0 radical (unpaired) electrons. The number of halogens is 1. The van der Waals surface area contributed by atoms with E-state index in [1.165, 1.54) is 24.3 Å². The van der Waals surface area contributed by atoms with Gasteiger partial charge in [-0.2, -0.15) is 0 Å². The third-order valence-corrected chi connectivity index (χ3v) is 5.37. The zero-order chi connectivity index (χ0) is 23.4. The zero-order valence-corrected chi connectivity index (χ0v) is 18.1. The van der Waals surface area contributed by atoms with Crippen LogP contribution in [0.25, 0.3) is 0 Å². The van der Waals surface area contributed by atoms with Crippen molar-refractivity contribution in [2.24, 2.45) is 0 Å². The number of hydrogen-bond donors (Lipinski definition) is 2. The lowest BCUT2D eigenvalue weighted by molar-refractivity contribution is -0.596. The van der Waals surface area contributed by atoms with Crippen LogP contribution in [0.5, 0.6) is 11.5 Å². The fourth-order valence-corrected chi connectivity index (χ4v) is 3.75. The average molecular weight is 448 g/mol. The van der Waals surface area contributed by atoms with Crippen LogP contribution in [-0.2, 0) is 4.79 Å². The van der Waals surface area contributed by atoms with Gasteiger partial charge in [-0.3, -0.25) is 9.59 Å². The molecule has 0 saturated carbocycles. The van der Waals surface area contributed by atoms with E-state index in [0.29, 0.717) is 11.5 Å². The highest BCUT2D eigenvalue weighted by atomic mass is 19.1. The minimum atomic E-state index is -0.874. The summed E-state index contributed by atoms with van der Waals surface area (Å²) in [5, 5.41) is 2.79. The van der Waals surface area contributed by atoms with Gasteiger partial charge in [-0.25, -0.2) is 4.39 Å². The van der Waals surface area contributed by atoms with Gasteiger partial charge in [0.05, 0.1) is 14.2 Å². The molecular formula is C25H23FN3O4+. The topological polar surface area (TPSA) is 79.7 Å². The number of carbonyl (C=O) groups excluding carboxylic acids is 2. The summed E-state index contributed by atoms with van der Waals surface area (Å²) in [6.07, 6.45) is 1.77. The zero-order valence-electron chi connectivity index (χ0n) is 18.1. The van der Waals surface area contributed by atoms with E-state index in [2.05, 4.69) is 10.7 Å². The molecule has 7 nitrogen and oxygen atoms in total. The second kappa shape index (κ2) is 9.52. The number of hydrogen-bond acceptors (Lipinski definition) is 4. The molecule has 33 heavy (non-hydrogen) atoms. The van der Waals surface area contributed by atoms with Gasteiger partial charge in [-0.05, 0) is 42.5 Å². The molecule has 4 rings (SSSR count). The van der Waals surface area contributed by atoms with E-state index in [4.69, 9.17) is 9.47 Å². The molecular weight excluding hydrogens is 425 g/mol. The molecule has 1 aliphatic rings. The Morgan fingerprint density at radius 2 is 1.70 bits per heavy atom. The molecule has 0 aromatic heterocycles. The predicted molar refractivity (Wildman–Crippen MR) is 120 cm³/mol. The van der Waals surface area contributed by atoms with Gasteiger partial charge >= 0.3 is 5.91 Å². The number of methoxy groups -OCH3 is 2. The van der Waals surface area contributed by atoms with E-state index in [-0.39, 0.29) is 11.5 Å². The highest BCUT2D eigenvalue weighted by Crippen LogP contribution is 2.28. The van der Waals surface area contributed by atoms with E-state index in [1.807, 2.05) is 36.4 Å². The molecule has 2 N–H and O–H groups in total. The Morgan fingerprint density at radius 1 is 1.00 bits per heavy atom. The standard InChI is InChI=1S/C25H22FN3O4/c1-32-20-13-8-16(14-21(20)33-2)15-29-23(17-6-4-3-5-7-17)22(25(31)28-29)27-24(30)18-9-11-19(26)12-10-18/h3-15,22-23H,1-2H3,(H-,27,28,30,31)/p+1/b29-15-/t22-,23+/m0/s1. The van der Waals surface area contributed by atoms with Crippen molar-refractivity contribution in [3.05, 3.63) is 95.3 Å². The van der Waals surface area contributed by atoms with Gasteiger partial charge in [0.25, 0.3) is 5.91 Å². The molecule has 2 atom stereocenters. The van der Waals surface area contributed by atoms with Crippen molar-refractivity contribution >= 4 is 18.0 Å². The van der Waals surface area contributed by atoms with Gasteiger partial charge in [0.15, 0.2) is 17.5 Å². The minimum absolute atomic E-state index is 0.262. The van der Waals surface area contributed by atoms with Gasteiger partial charge < -0.3 is 14.8 Å². The molecule has 1 aliphatic heterocycles. The van der Waals surface area contributed by atoms with Crippen LogP contribution in [0.15, 0.2) is 72.8 Å². The first kappa shape index (κ1) is 22.0. The molecule has 0 spiro atoms.